The molecule has 2 aromatic rings. The van der Waals surface area contributed by atoms with Crippen molar-refractivity contribution in [1.82, 2.24) is 14.7 Å². The standard InChI is InChI=1S/C29H35ClF4N4O2/c1-36-13-15-37(16-14-36)11-2-3-12-38(27(39)35-21-7-8-25(31)24(30)18-21)26-9-10-28(19-23(26)28)20-5-4-6-22(17-20)40-29(32,33)34/h4-8,17-18,23,26H,2-3,9-16,19H2,1H3,(H,35,39)/t23-,26-,28-/m1/s1. The zero-order chi connectivity index (χ0) is 28.5. The number of anilines is 1. The van der Waals surface area contributed by atoms with E-state index in [1.807, 2.05) is 11.0 Å². The number of fused-ring (bicyclic) bond motifs is 1. The highest BCUT2D eigenvalue weighted by Gasteiger charge is 2.64. The minimum Gasteiger partial charge on any atom is -0.406 e. The van der Waals surface area contributed by atoms with Crippen LogP contribution >= 0.6 is 11.6 Å². The Balaban J connectivity index is 1.27. The molecule has 0 bridgehead atoms. The van der Waals surface area contributed by atoms with Crippen LogP contribution in [0, 0.1) is 11.7 Å². The molecule has 2 saturated carbocycles. The summed E-state index contributed by atoms with van der Waals surface area (Å²) in [6, 6.07) is 10.0. The molecule has 3 fully saturated rings. The second-order valence-electron chi connectivity index (χ2n) is 11.3. The van der Waals surface area contributed by atoms with Crippen LogP contribution in [0.5, 0.6) is 5.75 Å². The monoisotopic (exact) mass is 582 g/mol. The number of benzene rings is 2. The van der Waals surface area contributed by atoms with Crippen molar-refractivity contribution < 1.29 is 27.1 Å². The molecule has 0 radical (unpaired) electrons. The first kappa shape index (κ1) is 29.0. The molecule has 11 heteroatoms. The average molecular weight is 583 g/mol. The maximum absolute atomic E-state index is 13.7. The SMILES string of the molecule is CN1CCN(CCCCN(C(=O)Nc2ccc(F)c(Cl)c2)[C@@H]2CC[C@]3(c4cccc(OC(F)(F)F)c4)C[C@H]23)CC1. The molecule has 1 aliphatic heterocycles. The Morgan fingerprint density at radius 1 is 1.15 bits per heavy atom. The number of piperazine rings is 1. The lowest BCUT2D eigenvalue weighted by molar-refractivity contribution is -0.274. The van der Waals surface area contributed by atoms with E-state index in [4.69, 9.17) is 11.6 Å². The Kier molecular flexibility index (Phi) is 8.50. The van der Waals surface area contributed by atoms with Crippen molar-refractivity contribution in [3.63, 3.8) is 0 Å². The number of nitrogens with one attached hydrogen (secondary N) is 1. The first-order valence-corrected chi connectivity index (χ1v) is 14.2. The highest BCUT2D eigenvalue weighted by atomic mass is 35.5. The number of carbonyl (C=O) groups excluding carboxylic acids is 1. The molecule has 6 nitrogen and oxygen atoms in total. The van der Waals surface area contributed by atoms with Crippen molar-refractivity contribution in [3.05, 3.63) is 58.9 Å². The first-order valence-electron chi connectivity index (χ1n) is 13.8. The summed E-state index contributed by atoms with van der Waals surface area (Å²) in [5, 5.41) is 2.81. The summed E-state index contributed by atoms with van der Waals surface area (Å²) in [4.78, 5) is 20.2. The van der Waals surface area contributed by atoms with Gasteiger partial charge in [-0.3, -0.25) is 0 Å². The number of ether oxygens (including phenoxy) is 1. The highest BCUT2D eigenvalue weighted by Crippen LogP contribution is 2.65. The molecular weight excluding hydrogens is 548 g/mol. The maximum atomic E-state index is 13.7. The molecule has 40 heavy (non-hydrogen) atoms. The predicted molar refractivity (Wildman–Crippen MR) is 146 cm³/mol. The van der Waals surface area contributed by atoms with Crippen LogP contribution in [0.3, 0.4) is 0 Å². The zero-order valence-electron chi connectivity index (χ0n) is 22.5. The Morgan fingerprint density at radius 2 is 1.93 bits per heavy atom. The van der Waals surface area contributed by atoms with Gasteiger partial charge in [-0.05, 0) is 87.5 Å². The molecule has 0 unspecified atom stereocenters. The van der Waals surface area contributed by atoms with Crippen LogP contribution in [0.25, 0.3) is 0 Å². The fourth-order valence-electron chi connectivity index (χ4n) is 6.46. The molecular formula is C29H35ClF4N4O2. The van der Waals surface area contributed by atoms with Crippen LogP contribution in [0.4, 0.5) is 28.0 Å². The minimum absolute atomic E-state index is 0.0493. The molecule has 0 spiro atoms. The molecule has 2 aliphatic carbocycles. The third-order valence-corrected chi connectivity index (χ3v) is 8.97. The van der Waals surface area contributed by atoms with Crippen molar-refractivity contribution >= 4 is 23.3 Å². The molecule has 2 amide bonds. The van der Waals surface area contributed by atoms with Crippen LogP contribution in [0.2, 0.25) is 5.02 Å². The van der Waals surface area contributed by atoms with E-state index in [9.17, 15) is 22.4 Å². The summed E-state index contributed by atoms with van der Waals surface area (Å²) in [7, 11) is 2.13. The number of unbranched alkanes of at least 4 members (excludes halogenated alkanes) is 1. The van der Waals surface area contributed by atoms with E-state index in [1.165, 1.54) is 30.3 Å². The number of carbonyl (C=O) groups is 1. The van der Waals surface area contributed by atoms with Gasteiger partial charge in [0, 0.05) is 49.9 Å². The number of likely N-dealkylation sites (N-methyl/N-ethyl adjacent to an activating group) is 1. The van der Waals surface area contributed by atoms with E-state index in [2.05, 4.69) is 26.9 Å². The second kappa shape index (κ2) is 11.7. The molecule has 3 aliphatic rings. The molecule has 1 N–H and O–H groups in total. The van der Waals surface area contributed by atoms with Gasteiger partial charge in [-0.2, -0.15) is 0 Å². The van der Waals surface area contributed by atoms with Gasteiger partial charge in [-0.15, -0.1) is 13.2 Å². The Labute approximate surface area is 237 Å². The van der Waals surface area contributed by atoms with Crippen molar-refractivity contribution in [1.29, 1.82) is 0 Å². The van der Waals surface area contributed by atoms with E-state index in [0.717, 1.165) is 70.4 Å². The topological polar surface area (TPSA) is 48.0 Å². The largest absolute Gasteiger partial charge is 0.573 e. The predicted octanol–water partition coefficient (Wildman–Crippen LogP) is 6.36. The summed E-state index contributed by atoms with van der Waals surface area (Å²) in [6.45, 7) is 5.71. The summed E-state index contributed by atoms with van der Waals surface area (Å²) in [5.74, 6) is -0.635. The van der Waals surface area contributed by atoms with Crippen LogP contribution in [-0.4, -0.2) is 79.5 Å². The fraction of sp³-hybridized carbons (Fsp3) is 0.552. The summed E-state index contributed by atoms with van der Waals surface area (Å²) < 4.78 is 56.3. The molecule has 1 saturated heterocycles. The Hall–Kier alpha value is -2.56. The third kappa shape index (κ3) is 6.66. The van der Waals surface area contributed by atoms with E-state index >= 15 is 0 Å². The lowest BCUT2D eigenvalue weighted by Crippen LogP contribution is -2.45. The van der Waals surface area contributed by atoms with Gasteiger partial charge >= 0.3 is 12.4 Å². The summed E-state index contributed by atoms with van der Waals surface area (Å²) in [6.07, 6.45) is -0.624. The van der Waals surface area contributed by atoms with Crippen LogP contribution in [0.1, 0.15) is 37.7 Å². The number of alkyl halides is 3. The number of hydrogen-bond acceptors (Lipinski definition) is 4. The van der Waals surface area contributed by atoms with Crippen LogP contribution in [0.15, 0.2) is 42.5 Å². The molecule has 3 atom stereocenters. The van der Waals surface area contributed by atoms with Crippen molar-refractivity contribution in [2.75, 3.05) is 51.6 Å². The van der Waals surface area contributed by atoms with Crippen molar-refractivity contribution in [2.45, 2.75) is 49.9 Å². The van der Waals surface area contributed by atoms with E-state index in [0.29, 0.717) is 12.2 Å². The van der Waals surface area contributed by atoms with Gasteiger partial charge in [0.05, 0.1) is 5.02 Å². The maximum Gasteiger partial charge on any atom is 0.573 e. The summed E-state index contributed by atoms with van der Waals surface area (Å²) >= 11 is 5.93. The van der Waals surface area contributed by atoms with Gasteiger partial charge in [0.2, 0.25) is 0 Å². The quantitative estimate of drug-likeness (QED) is 0.276. The van der Waals surface area contributed by atoms with E-state index in [1.54, 1.807) is 6.07 Å². The molecule has 0 aromatic heterocycles. The molecule has 5 rings (SSSR count). The van der Waals surface area contributed by atoms with Crippen molar-refractivity contribution in [2.24, 2.45) is 5.92 Å². The van der Waals surface area contributed by atoms with Gasteiger partial charge in [-0.25, -0.2) is 9.18 Å². The molecule has 2 aromatic carbocycles. The second-order valence-corrected chi connectivity index (χ2v) is 11.7. The normalized spacial score (nSPS) is 24.9. The third-order valence-electron chi connectivity index (χ3n) is 8.68. The smallest absolute Gasteiger partial charge is 0.406 e. The van der Waals surface area contributed by atoms with Gasteiger partial charge in [0.25, 0.3) is 0 Å². The highest BCUT2D eigenvalue weighted by molar-refractivity contribution is 6.31. The summed E-state index contributed by atoms with van der Waals surface area (Å²) in [5.41, 5.74) is 0.978. The minimum atomic E-state index is -4.75. The lowest BCUT2D eigenvalue weighted by atomic mass is 9.93. The molecule has 218 valence electrons. The molecule has 1 heterocycles. The van der Waals surface area contributed by atoms with Gasteiger partial charge in [0.1, 0.15) is 11.6 Å². The van der Waals surface area contributed by atoms with Gasteiger partial charge in [-0.1, -0.05) is 23.7 Å². The number of hydrogen-bond donors (Lipinski definition) is 1. The van der Waals surface area contributed by atoms with E-state index in [-0.39, 0.29) is 34.2 Å². The number of urea groups is 1. The number of halogens is 5. The van der Waals surface area contributed by atoms with Crippen LogP contribution in [-0.2, 0) is 5.41 Å². The fourth-order valence-corrected chi connectivity index (χ4v) is 6.64. The first-order chi connectivity index (χ1) is 19.0. The number of rotatable bonds is 9. The van der Waals surface area contributed by atoms with Gasteiger partial charge in [0.15, 0.2) is 0 Å². The van der Waals surface area contributed by atoms with Gasteiger partial charge < -0.3 is 24.8 Å². The number of nitrogens with zero attached hydrogens (tertiary/aromatic N) is 3. The average Bonchev–Trinajstić information content (AvgIpc) is 3.53. The van der Waals surface area contributed by atoms with Crippen molar-refractivity contribution in [3.8, 4) is 5.75 Å². The zero-order valence-corrected chi connectivity index (χ0v) is 23.3. The number of amides is 2. The van der Waals surface area contributed by atoms with Crippen LogP contribution < -0.4 is 10.1 Å². The Morgan fingerprint density at radius 3 is 2.62 bits per heavy atom. The van der Waals surface area contributed by atoms with E-state index < -0.39 is 12.2 Å². The lowest BCUT2D eigenvalue weighted by Gasteiger charge is -2.33. The Bertz CT molecular complexity index is 1210.